The highest BCUT2D eigenvalue weighted by Gasteiger charge is 2.41. The summed E-state index contributed by atoms with van der Waals surface area (Å²) in [5, 5.41) is 6.36. The summed E-state index contributed by atoms with van der Waals surface area (Å²) in [5.74, 6) is 3.80. The molecule has 2 aliphatic carbocycles. The molecule has 0 saturated heterocycles. The molecule has 0 amide bonds. The third kappa shape index (κ3) is 3.95. The van der Waals surface area contributed by atoms with Crippen LogP contribution in [0.4, 0.5) is 11.9 Å². The van der Waals surface area contributed by atoms with Crippen molar-refractivity contribution in [1.29, 1.82) is 0 Å². The van der Waals surface area contributed by atoms with E-state index in [2.05, 4.69) is 32.5 Å². The minimum absolute atomic E-state index is 0.396. The molecule has 2 saturated carbocycles. The largest absolute Gasteiger partial charge is 0.463 e. The van der Waals surface area contributed by atoms with Crippen molar-refractivity contribution >= 4 is 11.9 Å². The Bertz CT molecular complexity index is 461. The van der Waals surface area contributed by atoms with Gasteiger partial charge in [0, 0.05) is 13.6 Å². The predicted molar refractivity (Wildman–Crippen MR) is 82.6 cm³/mol. The molecule has 0 spiro atoms. The van der Waals surface area contributed by atoms with E-state index in [-0.39, 0.29) is 0 Å². The highest BCUT2D eigenvalue weighted by molar-refractivity contribution is 5.35. The second kappa shape index (κ2) is 6.45. The van der Waals surface area contributed by atoms with Gasteiger partial charge in [0.1, 0.15) is 0 Å². The van der Waals surface area contributed by atoms with E-state index in [1.165, 1.54) is 25.7 Å². The molecule has 1 heterocycles. The smallest absolute Gasteiger partial charge is 0.323 e. The number of hydrogen-bond donors (Lipinski definition) is 2. The first kappa shape index (κ1) is 14.4. The van der Waals surface area contributed by atoms with Crippen LogP contribution in [-0.4, -0.2) is 35.2 Å². The molecule has 0 bridgehead atoms. The van der Waals surface area contributed by atoms with Crippen LogP contribution in [0.3, 0.4) is 0 Å². The Balaban J connectivity index is 1.62. The van der Waals surface area contributed by atoms with Gasteiger partial charge in [-0.25, -0.2) is 0 Å². The Morgan fingerprint density at radius 3 is 2.33 bits per heavy atom. The average Bonchev–Trinajstić information content (AvgIpc) is 3.37. The summed E-state index contributed by atoms with van der Waals surface area (Å²) in [6.07, 6.45) is 6.52. The van der Waals surface area contributed by atoms with Crippen molar-refractivity contribution in [3.8, 4) is 6.01 Å². The Morgan fingerprint density at radius 1 is 1.10 bits per heavy atom. The molecule has 21 heavy (non-hydrogen) atoms. The minimum Gasteiger partial charge on any atom is -0.463 e. The Morgan fingerprint density at radius 2 is 1.76 bits per heavy atom. The van der Waals surface area contributed by atoms with Crippen LogP contribution in [-0.2, 0) is 0 Å². The summed E-state index contributed by atoms with van der Waals surface area (Å²) in [4.78, 5) is 12.9. The van der Waals surface area contributed by atoms with Gasteiger partial charge in [-0.2, -0.15) is 15.0 Å². The highest BCUT2D eigenvalue weighted by Crippen LogP contribution is 2.49. The van der Waals surface area contributed by atoms with Gasteiger partial charge in [0.05, 0.1) is 6.61 Å². The normalized spacial score (nSPS) is 17.9. The zero-order chi connectivity index (χ0) is 14.7. The van der Waals surface area contributed by atoms with Crippen LogP contribution in [0.25, 0.3) is 0 Å². The van der Waals surface area contributed by atoms with Crippen molar-refractivity contribution < 1.29 is 4.74 Å². The summed E-state index contributed by atoms with van der Waals surface area (Å²) < 4.78 is 5.52. The number of nitrogens with zero attached hydrogens (tertiary/aromatic N) is 3. The lowest BCUT2D eigenvalue weighted by Gasteiger charge is -2.16. The fourth-order valence-electron chi connectivity index (χ4n) is 2.78. The van der Waals surface area contributed by atoms with E-state index in [1.807, 2.05) is 0 Å². The molecule has 2 fully saturated rings. The van der Waals surface area contributed by atoms with E-state index in [0.29, 0.717) is 24.5 Å². The maximum Gasteiger partial charge on any atom is 0.323 e. The van der Waals surface area contributed by atoms with E-state index in [1.54, 1.807) is 7.05 Å². The van der Waals surface area contributed by atoms with Crippen molar-refractivity contribution in [1.82, 2.24) is 15.0 Å². The zero-order valence-corrected chi connectivity index (χ0v) is 12.9. The van der Waals surface area contributed by atoms with E-state index in [0.717, 1.165) is 30.7 Å². The lowest BCUT2D eigenvalue weighted by molar-refractivity contribution is 0.292. The molecule has 6 heteroatoms. The first-order valence-corrected chi connectivity index (χ1v) is 8.10. The lowest BCUT2D eigenvalue weighted by atomic mass is 9.98. The Labute approximate surface area is 126 Å². The van der Waals surface area contributed by atoms with Gasteiger partial charge in [-0.15, -0.1) is 0 Å². The quantitative estimate of drug-likeness (QED) is 0.728. The number of anilines is 2. The molecule has 0 unspecified atom stereocenters. The molecule has 0 atom stereocenters. The highest BCUT2D eigenvalue weighted by atomic mass is 16.5. The monoisotopic (exact) mass is 291 g/mol. The van der Waals surface area contributed by atoms with E-state index < -0.39 is 0 Å². The fourth-order valence-corrected chi connectivity index (χ4v) is 2.78. The second-order valence-corrected chi connectivity index (χ2v) is 6.08. The van der Waals surface area contributed by atoms with Gasteiger partial charge in [0.2, 0.25) is 11.9 Å². The number of rotatable bonds is 9. The molecule has 6 nitrogen and oxygen atoms in total. The van der Waals surface area contributed by atoms with Crippen molar-refractivity contribution in [2.24, 2.45) is 17.8 Å². The molecule has 0 aromatic carbocycles. The van der Waals surface area contributed by atoms with Gasteiger partial charge >= 0.3 is 6.01 Å². The van der Waals surface area contributed by atoms with E-state index >= 15 is 0 Å². The van der Waals surface area contributed by atoms with Crippen molar-refractivity contribution in [2.75, 3.05) is 30.8 Å². The fraction of sp³-hybridized carbons (Fsp3) is 0.800. The molecule has 2 aliphatic rings. The van der Waals surface area contributed by atoms with Gasteiger partial charge in [0.25, 0.3) is 0 Å². The molecule has 0 aliphatic heterocycles. The molecular weight excluding hydrogens is 266 g/mol. The first-order valence-electron chi connectivity index (χ1n) is 8.10. The van der Waals surface area contributed by atoms with Crippen LogP contribution >= 0.6 is 0 Å². The summed E-state index contributed by atoms with van der Waals surface area (Å²) in [7, 11) is 1.81. The Hall–Kier alpha value is -1.59. The minimum atomic E-state index is 0.396. The lowest BCUT2D eigenvalue weighted by Crippen LogP contribution is -2.20. The van der Waals surface area contributed by atoms with Crippen LogP contribution < -0.4 is 15.4 Å². The van der Waals surface area contributed by atoms with Crippen LogP contribution in [0.2, 0.25) is 0 Å². The SMILES string of the molecule is CCCOc1nc(NC)nc(NCC(C2CC2)C2CC2)n1. The molecule has 116 valence electrons. The molecule has 3 rings (SSSR count). The van der Waals surface area contributed by atoms with Crippen molar-refractivity contribution in [3.05, 3.63) is 0 Å². The summed E-state index contributed by atoms with van der Waals surface area (Å²) >= 11 is 0. The molecule has 1 aromatic heterocycles. The number of hydrogen-bond acceptors (Lipinski definition) is 6. The van der Waals surface area contributed by atoms with Crippen LogP contribution in [0.5, 0.6) is 6.01 Å². The first-order chi connectivity index (χ1) is 10.3. The molecular formula is C15H25N5O. The summed E-state index contributed by atoms with van der Waals surface area (Å²) in [5.41, 5.74) is 0. The standard InChI is InChI=1S/C15H25N5O/c1-3-8-21-15-19-13(16-2)18-14(20-15)17-9-12(10-4-5-10)11-6-7-11/h10-12H,3-9H2,1-2H3,(H2,16,17,18,19,20). The third-order valence-electron chi connectivity index (χ3n) is 4.22. The van der Waals surface area contributed by atoms with E-state index in [4.69, 9.17) is 4.74 Å². The summed E-state index contributed by atoms with van der Waals surface area (Å²) in [6.45, 7) is 3.66. The van der Waals surface area contributed by atoms with E-state index in [9.17, 15) is 0 Å². The number of aromatic nitrogens is 3. The maximum absolute atomic E-state index is 5.52. The van der Waals surface area contributed by atoms with Gasteiger partial charge in [-0.3, -0.25) is 0 Å². The molecule has 1 aromatic rings. The van der Waals surface area contributed by atoms with Gasteiger partial charge < -0.3 is 15.4 Å². The molecule has 0 radical (unpaired) electrons. The summed E-state index contributed by atoms with van der Waals surface area (Å²) in [6, 6.07) is 0.396. The van der Waals surface area contributed by atoms with Crippen molar-refractivity contribution in [2.45, 2.75) is 39.0 Å². The van der Waals surface area contributed by atoms with Crippen LogP contribution in [0.15, 0.2) is 0 Å². The molecule has 2 N–H and O–H groups in total. The van der Waals surface area contributed by atoms with Crippen LogP contribution in [0, 0.1) is 17.8 Å². The average molecular weight is 291 g/mol. The zero-order valence-electron chi connectivity index (χ0n) is 12.9. The third-order valence-corrected chi connectivity index (χ3v) is 4.22. The van der Waals surface area contributed by atoms with Gasteiger partial charge in [-0.05, 0) is 49.9 Å². The van der Waals surface area contributed by atoms with Gasteiger partial charge in [-0.1, -0.05) is 6.92 Å². The van der Waals surface area contributed by atoms with Crippen molar-refractivity contribution in [3.63, 3.8) is 0 Å². The predicted octanol–water partition coefficient (Wildman–Crippen LogP) is 2.55. The Kier molecular flexibility index (Phi) is 4.41. The second-order valence-electron chi connectivity index (χ2n) is 6.08. The maximum atomic E-state index is 5.52. The number of ether oxygens (including phenoxy) is 1. The topological polar surface area (TPSA) is 72.0 Å². The van der Waals surface area contributed by atoms with Gasteiger partial charge in [0.15, 0.2) is 0 Å². The number of nitrogens with one attached hydrogen (secondary N) is 2. The van der Waals surface area contributed by atoms with Crippen LogP contribution in [0.1, 0.15) is 39.0 Å².